The SMILES string of the molecule is COC[C@@H](O)CC1OC(ON)CCC1(C)C. The average molecular weight is 233 g/mol. The summed E-state index contributed by atoms with van der Waals surface area (Å²) in [4.78, 5) is 4.72. The zero-order chi connectivity index (χ0) is 12.2. The Morgan fingerprint density at radius 1 is 1.56 bits per heavy atom. The van der Waals surface area contributed by atoms with Gasteiger partial charge in [0.15, 0.2) is 6.29 Å². The van der Waals surface area contributed by atoms with Gasteiger partial charge in [-0.1, -0.05) is 13.8 Å². The predicted molar refractivity (Wildman–Crippen MR) is 59.4 cm³/mol. The maximum Gasteiger partial charge on any atom is 0.177 e. The molecule has 2 unspecified atom stereocenters. The van der Waals surface area contributed by atoms with Gasteiger partial charge in [-0.15, -0.1) is 0 Å². The third kappa shape index (κ3) is 3.68. The minimum atomic E-state index is -0.509. The number of aliphatic hydroxyl groups excluding tert-OH is 1. The van der Waals surface area contributed by atoms with Crippen molar-refractivity contribution in [2.75, 3.05) is 13.7 Å². The van der Waals surface area contributed by atoms with E-state index >= 15 is 0 Å². The van der Waals surface area contributed by atoms with E-state index in [1.54, 1.807) is 7.11 Å². The number of aliphatic hydroxyl groups is 1. The van der Waals surface area contributed by atoms with Crippen LogP contribution in [0, 0.1) is 5.41 Å². The van der Waals surface area contributed by atoms with Crippen molar-refractivity contribution in [1.82, 2.24) is 0 Å². The highest BCUT2D eigenvalue weighted by atomic mass is 16.8. The van der Waals surface area contributed by atoms with Crippen LogP contribution in [-0.4, -0.2) is 37.3 Å². The lowest BCUT2D eigenvalue weighted by atomic mass is 9.78. The fraction of sp³-hybridized carbons (Fsp3) is 1.00. The molecule has 0 radical (unpaired) electrons. The van der Waals surface area contributed by atoms with Crippen LogP contribution in [0.5, 0.6) is 0 Å². The molecule has 0 aromatic heterocycles. The molecule has 0 spiro atoms. The van der Waals surface area contributed by atoms with Crippen LogP contribution in [0.2, 0.25) is 0 Å². The van der Waals surface area contributed by atoms with E-state index in [0.717, 1.165) is 12.8 Å². The monoisotopic (exact) mass is 233 g/mol. The molecule has 1 aliphatic heterocycles. The molecule has 0 amide bonds. The Hall–Kier alpha value is -0.200. The van der Waals surface area contributed by atoms with Crippen molar-refractivity contribution < 1.29 is 19.4 Å². The standard InChI is InChI=1S/C11H23NO4/c1-11(2)5-4-10(16-12)15-9(11)6-8(13)7-14-3/h8-10,13H,4-7,12H2,1-3H3/t8-,9?,10?/m0/s1. The van der Waals surface area contributed by atoms with Gasteiger partial charge in [-0.2, -0.15) is 0 Å². The molecule has 0 aromatic carbocycles. The second kappa shape index (κ2) is 5.93. The summed E-state index contributed by atoms with van der Waals surface area (Å²) >= 11 is 0. The average Bonchev–Trinajstić information content (AvgIpc) is 2.21. The fourth-order valence-electron chi connectivity index (χ4n) is 2.07. The Morgan fingerprint density at radius 2 is 2.25 bits per heavy atom. The second-order valence-electron chi connectivity index (χ2n) is 5.06. The van der Waals surface area contributed by atoms with Crippen LogP contribution in [0.3, 0.4) is 0 Å². The van der Waals surface area contributed by atoms with Crippen LogP contribution >= 0.6 is 0 Å². The third-order valence-electron chi connectivity index (χ3n) is 3.21. The van der Waals surface area contributed by atoms with Gasteiger partial charge in [0.05, 0.1) is 18.8 Å². The van der Waals surface area contributed by atoms with Crippen LogP contribution in [0.4, 0.5) is 0 Å². The van der Waals surface area contributed by atoms with Crippen LogP contribution < -0.4 is 5.90 Å². The molecule has 1 aliphatic rings. The van der Waals surface area contributed by atoms with Gasteiger partial charge in [-0.3, -0.25) is 4.84 Å². The molecule has 0 saturated carbocycles. The Labute approximate surface area is 96.8 Å². The van der Waals surface area contributed by atoms with Gasteiger partial charge < -0.3 is 14.6 Å². The highest BCUT2D eigenvalue weighted by Gasteiger charge is 2.38. The number of hydrogen-bond donors (Lipinski definition) is 2. The first kappa shape index (κ1) is 13.9. The van der Waals surface area contributed by atoms with E-state index < -0.39 is 6.10 Å². The summed E-state index contributed by atoms with van der Waals surface area (Å²) < 4.78 is 10.6. The maximum atomic E-state index is 9.72. The van der Waals surface area contributed by atoms with Gasteiger partial charge in [0.1, 0.15) is 0 Å². The van der Waals surface area contributed by atoms with Gasteiger partial charge in [0.2, 0.25) is 0 Å². The largest absolute Gasteiger partial charge is 0.391 e. The summed E-state index contributed by atoms with van der Waals surface area (Å²) in [6, 6.07) is 0. The quantitative estimate of drug-likeness (QED) is 0.687. The van der Waals surface area contributed by atoms with Gasteiger partial charge in [-0.25, -0.2) is 5.90 Å². The lowest BCUT2D eigenvalue weighted by Crippen LogP contribution is -2.44. The van der Waals surface area contributed by atoms with Crippen LogP contribution in [0.15, 0.2) is 0 Å². The topological polar surface area (TPSA) is 73.9 Å². The predicted octanol–water partition coefficient (Wildman–Crippen LogP) is 0.805. The Morgan fingerprint density at radius 3 is 2.81 bits per heavy atom. The normalized spacial score (nSPS) is 31.3. The molecule has 5 nitrogen and oxygen atoms in total. The Balaban J connectivity index is 2.52. The minimum absolute atomic E-state index is 0.0315. The number of methoxy groups -OCH3 is 1. The smallest absolute Gasteiger partial charge is 0.177 e. The van der Waals surface area contributed by atoms with Crippen molar-refractivity contribution in [2.24, 2.45) is 11.3 Å². The summed E-state index contributed by atoms with van der Waals surface area (Å²) in [6.07, 6.45) is 1.39. The van der Waals surface area contributed by atoms with E-state index in [4.69, 9.17) is 20.2 Å². The third-order valence-corrected chi connectivity index (χ3v) is 3.21. The molecule has 0 aromatic rings. The second-order valence-corrected chi connectivity index (χ2v) is 5.06. The van der Waals surface area contributed by atoms with Crippen molar-refractivity contribution >= 4 is 0 Å². The van der Waals surface area contributed by atoms with E-state index in [0.29, 0.717) is 13.0 Å². The molecular formula is C11H23NO4. The van der Waals surface area contributed by atoms with Crippen molar-refractivity contribution in [3.8, 4) is 0 Å². The molecule has 96 valence electrons. The first-order chi connectivity index (χ1) is 7.49. The van der Waals surface area contributed by atoms with Gasteiger partial charge in [0, 0.05) is 20.0 Å². The van der Waals surface area contributed by atoms with Crippen molar-refractivity contribution in [3.05, 3.63) is 0 Å². The molecule has 3 atom stereocenters. The summed E-state index contributed by atoms with van der Waals surface area (Å²) in [5.74, 6) is 5.13. The van der Waals surface area contributed by atoms with Gasteiger partial charge in [0.25, 0.3) is 0 Å². The van der Waals surface area contributed by atoms with E-state index in [1.165, 1.54) is 0 Å². The molecule has 5 heteroatoms. The highest BCUT2D eigenvalue weighted by molar-refractivity contribution is 4.85. The lowest BCUT2D eigenvalue weighted by Gasteiger charge is -2.42. The van der Waals surface area contributed by atoms with Gasteiger partial charge in [-0.05, 0) is 11.8 Å². The zero-order valence-electron chi connectivity index (χ0n) is 10.3. The molecule has 1 saturated heterocycles. The van der Waals surface area contributed by atoms with Crippen LogP contribution in [0.1, 0.15) is 33.1 Å². The van der Waals surface area contributed by atoms with E-state index in [-0.39, 0.29) is 17.8 Å². The van der Waals surface area contributed by atoms with E-state index in [2.05, 4.69) is 13.8 Å². The summed E-state index contributed by atoms with van der Waals surface area (Å²) in [5.41, 5.74) is 0.0315. The molecule has 0 aliphatic carbocycles. The van der Waals surface area contributed by atoms with Gasteiger partial charge >= 0.3 is 0 Å². The van der Waals surface area contributed by atoms with Crippen LogP contribution in [-0.2, 0) is 14.3 Å². The Bertz CT molecular complexity index is 210. The first-order valence-electron chi connectivity index (χ1n) is 5.67. The van der Waals surface area contributed by atoms with Crippen molar-refractivity contribution in [2.45, 2.75) is 51.6 Å². The van der Waals surface area contributed by atoms with Crippen molar-refractivity contribution in [1.29, 1.82) is 0 Å². The van der Waals surface area contributed by atoms with E-state index in [9.17, 15) is 5.11 Å². The minimum Gasteiger partial charge on any atom is -0.391 e. The molecular weight excluding hydrogens is 210 g/mol. The lowest BCUT2D eigenvalue weighted by molar-refractivity contribution is -0.235. The first-order valence-corrected chi connectivity index (χ1v) is 5.67. The highest BCUT2D eigenvalue weighted by Crippen LogP contribution is 2.38. The molecule has 3 N–H and O–H groups in total. The number of hydrogen-bond acceptors (Lipinski definition) is 5. The molecule has 16 heavy (non-hydrogen) atoms. The Kier molecular flexibility index (Phi) is 5.14. The molecule has 0 bridgehead atoms. The number of rotatable bonds is 5. The summed E-state index contributed by atoms with van der Waals surface area (Å²) in [6.45, 7) is 4.58. The summed E-state index contributed by atoms with van der Waals surface area (Å²) in [5, 5.41) is 9.72. The maximum absolute atomic E-state index is 9.72. The molecule has 1 rings (SSSR count). The number of nitrogens with two attached hydrogens (primary N) is 1. The van der Waals surface area contributed by atoms with Crippen LogP contribution in [0.25, 0.3) is 0 Å². The molecule has 1 fully saturated rings. The number of ether oxygens (including phenoxy) is 2. The zero-order valence-corrected chi connectivity index (χ0v) is 10.3. The summed E-state index contributed by atoms with van der Waals surface area (Å²) in [7, 11) is 1.57. The van der Waals surface area contributed by atoms with E-state index in [1.807, 2.05) is 0 Å². The fourth-order valence-corrected chi connectivity index (χ4v) is 2.07. The van der Waals surface area contributed by atoms with Crippen molar-refractivity contribution in [3.63, 3.8) is 0 Å². The molecule has 1 heterocycles.